The van der Waals surface area contributed by atoms with Crippen LogP contribution in [-0.4, -0.2) is 32.7 Å². The molecule has 1 aliphatic rings. The van der Waals surface area contributed by atoms with Crippen molar-refractivity contribution in [2.75, 3.05) is 20.8 Å². The fourth-order valence-electron chi connectivity index (χ4n) is 2.74. The van der Waals surface area contributed by atoms with Gasteiger partial charge in [0, 0.05) is 5.56 Å². The number of amides is 1. The summed E-state index contributed by atoms with van der Waals surface area (Å²) in [5.41, 5.74) is 0.913. The number of ether oxygens (including phenoxy) is 2. The van der Waals surface area contributed by atoms with Gasteiger partial charge in [0.1, 0.15) is 11.5 Å². The normalized spacial score (nSPS) is 22.7. The van der Waals surface area contributed by atoms with E-state index in [2.05, 4.69) is 17.6 Å². The third-order valence-corrected chi connectivity index (χ3v) is 4.08. The predicted octanol–water partition coefficient (Wildman–Crippen LogP) is 1.88. The molecule has 5 nitrogen and oxygen atoms in total. The molecule has 2 rings (SSSR count). The van der Waals surface area contributed by atoms with Crippen molar-refractivity contribution in [2.24, 2.45) is 5.92 Å². The van der Waals surface area contributed by atoms with Gasteiger partial charge < -0.3 is 20.1 Å². The minimum Gasteiger partial charge on any atom is -0.497 e. The first-order valence-electron chi connectivity index (χ1n) is 7.32. The summed E-state index contributed by atoms with van der Waals surface area (Å²) in [6.45, 7) is 4.95. The number of rotatable bonds is 5. The van der Waals surface area contributed by atoms with Gasteiger partial charge in [0.2, 0.25) is 5.91 Å². The van der Waals surface area contributed by atoms with Crippen molar-refractivity contribution in [1.82, 2.24) is 10.6 Å². The lowest BCUT2D eigenvalue weighted by atomic mass is 10.0. The number of hydrogen-bond donors (Lipinski definition) is 2. The highest BCUT2D eigenvalue weighted by molar-refractivity contribution is 5.82. The summed E-state index contributed by atoms with van der Waals surface area (Å²) in [5.74, 6) is 1.90. The van der Waals surface area contributed by atoms with Gasteiger partial charge in [-0.2, -0.15) is 0 Å². The molecule has 0 aromatic heterocycles. The number of carbonyl (C=O) groups excluding carboxylic acids is 1. The second-order valence-electron chi connectivity index (χ2n) is 5.54. The second-order valence-corrected chi connectivity index (χ2v) is 5.54. The van der Waals surface area contributed by atoms with Crippen molar-refractivity contribution >= 4 is 5.91 Å². The zero-order valence-electron chi connectivity index (χ0n) is 13.1. The van der Waals surface area contributed by atoms with E-state index in [1.165, 1.54) is 0 Å². The zero-order valence-corrected chi connectivity index (χ0v) is 13.1. The quantitative estimate of drug-likeness (QED) is 0.870. The van der Waals surface area contributed by atoms with Crippen LogP contribution in [0.15, 0.2) is 18.2 Å². The van der Waals surface area contributed by atoms with E-state index in [9.17, 15) is 4.79 Å². The number of benzene rings is 1. The zero-order chi connectivity index (χ0) is 15.4. The highest BCUT2D eigenvalue weighted by Gasteiger charge is 2.30. The van der Waals surface area contributed by atoms with E-state index in [-0.39, 0.29) is 18.0 Å². The van der Waals surface area contributed by atoms with Gasteiger partial charge in [-0.15, -0.1) is 0 Å². The van der Waals surface area contributed by atoms with Crippen molar-refractivity contribution in [3.8, 4) is 11.5 Å². The molecule has 116 valence electrons. The van der Waals surface area contributed by atoms with Gasteiger partial charge >= 0.3 is 0 Å². The molecule has 1 aliphatic heterocycles. The molecule has 5 heteroatoms. The molecular weight excluding hydrogens is 268 g/mol. The lowest BCUT2D eigenvalue weighted by Crippen LogP contribution is -2.44. The Labute approximate surface area is 126 Å². The fourth-order valence-corrected chi connectivity index (χ4v) is 2.74. The topological polar surface area (TPSA) is 59.6 Å². The highest BCUT2D eigenvalue weighted by Crippen LogP contribution is 2.29. The lowest BCUT2D eigenvalue weighted by Gasteiger charge is -2.22. The highest BCUT2D eigenvalue weighted by atomic mass is 16.5. The molecule has 1 aromatic carbocycles. The summed E-state index contributed by atoms with van der Waals surface area (Å²) in [6, 6.07) is 5.35. The van der Waals surface area contributed by atoms with Crippen molar-refractivity contribution in [2.45, 2.75) is 32.4 Å². The predicted molar refractivity (Wildman–Crippen MR) is 81.7 cm³/mol. The van der Waals surface area contributed by atoms with Crippen molar-refractivity contribution in [3.63, 3.8) is 0 Å². The van der Waals surface area contributed by atoms with Gasteiger partial charge in [-0.1, -0.05) is 6.92 Å². The van der Waals surface area contributed by atoms with Crippen LogP contribution in [0, 0.1) is 5.92 Å². The van der Waals surface area contributed by atoms with E-state index in [1.54, 1.807) is 14.2 Å². The SMILES string of the molecule is COc1ccc(OC)c(C(C)NC(=O)C2NCCC2C)c1. The Bertz CT molecular complexity index is 504. The van der Waals surface area contributed by atoms with E-state index >= 15 is 0 Å². The molecule has 1 aromatic rings. The maximum absolute atomic E-state index is 12.3. The maximum atomic E-state index is 12.3. The third-order valence-electron chi connectivity index (χ3n) is 4.08. The van der Waals surface area contributed by atoms with Crippen LogP contribution in [0.25, 0.3) is 0 Å². The van der Waals surface area contributed by atoms with Gasteiger partial charge in [-0.25, -0.2) is 0 Å². The van der Waals surface area contributed by atoms with Crippen LogP contribution < -0.4 is 20.1 Å². The van der Waals surface area contributed by atoms with E-state index in [4.69, 9.17) is 9.47 Å². The van der Waals surface area contributed by atoms with Crippen LogP contribution in [-0.2, 0) is 4.79 Å². The van der Waals surface area contributed by atoms with Crippen LogP contribution in [0.3, 0.4) is 0 Å². The molecule has 1 saturated heterocycles. The number of carbonyl (C=O) groups is 1. The molecule has 1 fully saturated rings. The van der Waals surface area contributed by atoms with Crippen LogP contribution >= 0.6 is 0 Å². The van der Waals surface area contributed by atoms with Gasteiger partial charge in [0.05, 0.1) is 26.3 Å². The van der Waals surface area contributed by atoms with E-state index in [0.29, 0.717) is 5.92 Å². The first-order valence-corrected chi connectivity index (χ1v) is 7.32. The standard InChI is InChI=1S/C16H24N2O3/c1-10-7-8-17-15(10)16(19)18-11(2)13-9-12(20-3)5-6-14(13)21-4/h5-6,9-11,15,17H,7-8H2,1-4H3,(H,18,19). The third kappa shape index (κ3) is 3.47. The fraction of sp³-hybridized carbons (Fsp3) is 0.562. The molecule has 0 aliphatic carbocycles. The summed E-state index contributed by atoms with van der Waals surface area (Å²) in [6.07, 6.45) is 1.04. The van der Waals surface area contributed by atoms with Crippen molar-refractivity contribution in [1.29, 1.82) is 0 Å². The maximum Gasteiger partial charge on any atom is 0.237 e. The minimum atomic E-state index is -0.142. The van der Waals surface area contributed by atoms with Gasteiger partial charge in [0.25, 0.3) is 0 Å². The molecule has 3 atom stereocenters. The summed E-state index contributed by atoms with van der Waals surface area (Å²) in [5, 5.41) is 6.30. The largest absolute Gasteiger partial charge is 0.497 e. The Morgan fingerprint density at radius 1 is 1.38 bits per heavy atom. The summed E-state index contributed by atoms with van der Waals surface area (Å²) >= 11 is 0. The Hall–Kier alpha value is -1.75. The Kier molecular flexibility index (Phi) is 5.07. The van der Waals surface area contributed by atoms with Crippen LogP contribution in [0.4, 0.5) is 0 Å². The Balaban J connectivity index is 2.12. The van der Waals surface area contributed by atoms with Gasteiger partial charge in [0.15, 0.2) is 0 Å². The molecule has 0 bridgehead atoms. The van der Waals surface area contributed by atoms with Crippen LogP contribution in [0.2, 0.25) is 0 Å². The minimum absolute atomic E-state index is 0.0392. The molecule has 2 N–H and O–H groups in total. The molecule has 1 amide bonds. The monoisotopic (exact) mass is 292 g/mol. The smallest absolute Gasteiger partial charge is 0.237 e. The van der Waals surface area contributed by atoms with Crippen LogP contribution in [0.5, 0.6) is 11.5 Å². The van der Waals surface area contributed by atoms with E-state index in [0.717, 1.165) is 30.0 Å². The number of hydrogen-bond acceptors (Lipinski definition) is 4. The summed E-state index contributed by atoms with van der Waals surface area (Å²) < 4.78 is 10.6. The Morgan fingerprint density at radius 3 is 2.71 bits per heavy atom. The first kappa shape index (κ1) is 15.6. The molecule has 21 heavy (non-hydrogen) atoms. The van der Waals surface area contributed by atoms with Crippen molar-refractivity contribution < 1.29 is 14.3 Å². The summed E-state index contributed by atoms with van der Waals surface area (Å²) in [7, 11) is 3.25. The molecular formula is C16H24N2O3. The molecule has 3 unspecified atom stereocenters. The van der Waals surface area contributed by atoms with Crippen molar-refractivity contribution in [3.05, 3.63) is 23.8 Å². The summed E-state index contributed by atoms with van der Waals surface area (Å²) in [4.78, 5) is 12.3. The van der Waals surface area contributed by atoms with Gasteiger partial charge in [-0.3, -0.25) is 4.79 Å². The average Bonchev–Trinajstić information content (AvgIpc) is 2.92. The number of methoxy groups -OCH3 is 2. The van der Waals surface area contributed by atoms with Crippen LogP contribution in [0.1, 0.15) is 31.9 Å². The van der Waals surface area contributed by atoms with E-state index in [1.807, 2.05) is 25.1 Å². The van der Waals surface area contributed by atoms with Gasteiger partial charge in [-0.05, 0) is 44.0 Å². The number of nitrogens with one attached hydrogen (secondary N) is 2. The Morgan fingerprint density at radius 2 is 2.14 bits per heavy atom. The molecule has 0 radical (unpaired) electrons. The van der Waals surface area contributed by atoms with E-state index < -0.39 is 0 Å². The molecule has 0 spiro atoms. The second kappa shape index (κ2) is 6.80. The first-order chi connectivity index (χ1) is 10.1. The molecule has 0 saturated carbocycles. The molecule has 1 heterocycles. The lowest BCUT2D eigenvalue weighted by molar-refractivity contribution is -0.124. The average molecular weight is 292 g/mol.